The van der Waals surface area contributed by atoms with Gasteiger partial charge >= 0.3 is 5.97 Å². The summed E-state index contributed by atoms with van der Waals surface area (Å²) in [4.78, 5) is 23.0. The van der Waals surface area contributed by atoms with Crippen LogP contribution in [0, 0.1) is 0 Å². The maximum Gasteiger partial charge on any atom is 0.307 e. The van der Waals surface area contributed by atoms with E-state index >= 15 is 0 Å². The van der Waals surface area contributed by atoms with E-state index in [1.54, 1.807) is 42.5 Å². The van der Waals surface area contributed by atoms with E-state index in [0.717, 1.165) is 0 Å². The van der Waals surface area contributed by atoms with Crippen LogP contribution in [0.15, 0.2) is 53.0 Å². The second-order valence-electron chi connectivity index (χ2n) is 4.08. The minimum atomic E-state index is -0.916. The van der Waals surface area contributed by atoms with Crippen LogP contribution >= 0.6 is 15.9 Å². The Morgan fingerprint density at radius 3 is 2.37 bits per heavy atom. The van der Waals surface area contributed by atoms with Gasteiger partial charge in [0, 0.05) is 15.6 Å². The molecule has 0 fully saturated rings. The van der Waals surface area contributed by atoms with Crippen molar-refractivity contribution in [2.45, 2.75) is 6.42 Å². The van der Waals surface area contributed by atoms with Gasteiger partial charge < -0.3 is 5.11 Å². The Morgan fingerprint density at radius 1 is 1.05 bits per heavy atom. The highest BCUT2D eigenvalue weighted by molar-refractivity contribution is 9.10. The van der Waals surface area contributed by atoms with Crippen molar-refractivity contribution in [2.24, 2.45) is 0 Å². The van der Waals surface area contributed by atoms with Crippen molar-refractivity contribution in [3.05, 3.63) is 69.7 Å². The van der Waals surface area contributed by atoms with Gasteiger partial charge in [-0.05, 0) is 17.7 Å². The van der Waals surface area contributed by atoms with E-state index in [4.69, 9.17) is 5.11 Å². The molecular formula is C15H11BrO3. The Hall–Kier alpha value is -1.94. The lowest BCUT2D eigenvalue weighted by Gasteiger charge is -2.06. The molecule has 19 heavy (non-hydrogen) atoms. The normalized spacial score (nSPS) is 10.2. The number of ketones is 1. The highest BCUT2D eigenvalue weighted by Gasteiger charge is 2.13. The van der Waals surface area contributed by atoms with Crippen molar-refractivity contribution in [3.8, 4) is 0 Å². The molecule has 0 saturated carbocycles. The Labute approximate surface area is 119 Å². The number of carbonyl (C=O) groups excluding carboxylic acids is 1. The molecule has 0 amide bonds. The number of halogens is 1. The van der Waals surface area contributed by atoms with Gasteiger partial charge in [0.05, 0.1) is 6.42 Å². The quantitative estimate of drug-likeness (QED) is 0.880. The average Bonchev–Trinajstić information content (AvgIpc) is 2.40. The molecule has 0 heterocycles. The minimum absolute atomic E-state index is 0.0949. The molecule has 1 N–H and O–H groups in total. The SMILES string of the molecule is O=C(O)Cc1ccc(Br)c(C(=O)c2ccccc2)c1. The molecule has 0 radical (unpaired) electrons. The zero-order valence-electron chi connectivity index (χ0n) is 9.97. The summed E-state index contributed by atoms with van der Waals surface area (Å²) < 4.78 is 0.662. The maximum absolute atomic E-state index is 12.3. The van der Waals surface area contributed by atoms with E-state index in [-0.39, 0.29) is 12.2 Å². The lowest BCUT2D eigenvalue weighted by Crippen LogP contribution is -2.05. The lowest BCUT2D eigenvalue weighted by molar-refractivity contribution is -0.136. The van der Waals surface area contributed by atoms with Gasteiger partial charge in [-0.1, -0.05) is 52.3 Å². The molecule has 2 aromatic carbocycles. The number of hydrogen-bond donors (Lipinski definition) is 1. The molecule has 0 spiro atoms. The number of benzene rings is 2. The van der Waals surface area contributed by atoms with Crippen LogP contribution in [0.4, 0.5) is 0 Å². The van der Waals surface area contributed by atoms with Crippen LogP contribution in [0.1, 0.15) is 21.5 Å². The summed E-state index contributed by atoms with van der Waals surface area (Å²) in [7, 11) is 0. The summed E-state index contributed by atoms with van der Waals surface area (Å²) in [5, 5.41) is 8.79. The van der Waals surface area contributed by atoms with Crippen LogP contribution in [-0.4, -0.2) is 16.9 Å². The van der Waals surface area contributed by atoms with E-state index in [1.165, 1.54) is 0 Å². The summed E-state index contributed by atoms with van der Waals surface area (Å²) in [6.07, 6.45) is -0.0949. The van der Waals surface area contributed by atoms with Crippen LogP contribution in [-0.2, 0) is 11.2 Å². The minimum Gasteiger partial charge on any atom is -0.481 e. The number of rotatable bonds is 4. The fraction of sp³-hybridized carbons (Fsp3) is 0.0667. The summed E-state index contributed by atoms with van der Waals surface area (Å²) in [5.74, 6) is -1.04. The Bertz CT molecular complexity index is 621. The first-order valence-electron chi connectivity index (χ1n) is 5.68. The van der Waals surface area contributed by atoms with E-state index in [1.807, 2.05) is 6.07 Å². The fourth-order valence-corrected chi connectivity index (χ4v) is 2.20. The molecule has 0 aliphatic rings. The van der Waals surface area contributed by atoms with E-state index in [0.29, 0.717) is 21.2 Å². The van der Waals surface area contributed by atoms with Crippen molar-refractivity contribution in [2.75, 3.05) is 0 Å². The van der Waals surface area contributed by atoms with E-state index < -0.39 is 5.97 Å². The molecule has 96 valence electrons. The highest BCUT2D eigenvalue weighted by atomic mass is 79.9. The predicted octanol–water partition coefficient (Wildman–Crippen LogP) is 3.31. The van der Waals surface area contributed by atoms with Crippen molar-refractivity contribution in [3.63, 3.8) is 0 Å². The Morgan fingerprint density at radius 2 is 1.74 bits per heavy atom. The zero-order chi connectivity index (χ0) is 13.8. The molecule has 0 aromatic heterocycles. The molecule has 2 aromatic rings. The van der Waals surface area contributed by atoms with Gasteiger partial charge in [0.25, 0.3) is 0 Å². The average molecular weight is 319 g/mol. The number of aliphatic carboxylic acids is 1. The van der Waals surface area contributed by atoms with Gasteiger partial charge in [-0.15, -0.1) is 0 Å². The molecule has 4 heteroatoms. The van der Waals surface area contributed by atoms with Crippen LogP contribution < -0.4 is 0 Å². The number of hydrogen-bond acceptors (Lipinski definition) is 2. The van der Waals surface area contributed by atoms with Gasteiger partial charge in [0.15, 0.2) is 5.78 Å². The molecule has 0 aliphatic carbocycles. The smallest absolute Gasteiger partial charge is 0.307 e. The molecule has 0 bridgehead atoms. The number of carboxylic acids is 1. The second kappa shape index (κ2) is 5.80. The van der Waals surface area contributed by atoms with Crippen molar-refractivity contribution < 1.29 is 14.7 Å². The van der Waals surface area contributed by atoms with Gasteiger partial charge in [-0.3, -0.25) is 9.59 Å². The second-order valence-corrected chi connectivity index (χ2v) is 4.93. The molecule has 0 aliphatic heterocycles. The topological polar surface area (TPSA) is 54.4 Å². The zero-order valence-corrected chi connectivity index (χ0v) is 11.6. The van der Waals surface area contributed by atoms with Crippen LogP contribution in [0.2, 0.25) is 0 Å². The van der Waals surface area contributed by atoms with Crippen molar-refractivity contribution in [1.29, 1.82) is 0 Å². The number of carbonyl (C=O) groups is 2. The Balaban J connectivity index is 2.38. The van der Waals surface area contributed by atoms with E-state index in [9.17, 15) is 9.59 Å². The van der Waals surface area contributed by atoms with Gasteiger partial charge in [0.1, 0.15) is 0 Å². The summed E-state index contributed by atoms with van der Waals surface area (Å²) in [6.45, 7) is 0. The van der Waals surface area contributed by atoms with Gasteiger partial charge in [-0.25, -0.2) is 0 Å². The summed E-state index contributed by atoms with van der Waals surface area (Å²) in [6, 6.07) is 13.9. The molecule has 3 nitrogen and oxygen atoms in total. The largest absolute Gasteiger partial charge is 0.481 e. The van der Waals surface area contributed by atoms with Crippen molar-refractivity contribution in [1.82, 2.24) is 0 Å². The third kappa shape index (κ3) is 3.29. The van der Waals surface area contributed by atoms with Crippen LogP contribution in [0.3, 0.4) is 0 Å². The summed E-state index contributed by atoms with van der Waals surface area (Å²) >= 11 is 3.33. The monoisotopic (exact) mass is 318 g/mol. The summed E-state index contributed by atoms with van der Waals surface area (Å²) in [5.41, 5.74) is 1.66. The van der Waals surface area contributed by atoms with Gasteiger partial charge in [-0.2, -0.15) is 0 Å². The molecule has 0 saturated heterocycles. The van der Waals surface area contributed by atoms with Crippen molar-refractivity contribution >= 4 is 27.7 Å². The van der Waals surface area contributed by atoms with E-state index in [2.05, 4.69) is 15.9 Å². The highest BCUT2D eigenvalue weighted by Crippen LogP contribution is 2.22. The third-order valence-electron chi connectivity index (χ3n) is 2.67. The first-order valence-corrected chi connectivity index (χ1v) is 6.47. The molecule has 0 unspecified atom stereocenters. The molecule has 0 atom stereocenters. The Kier molecular flexibility index (Phi) is 4.12. The van der Waals surface area contributed by atoms with Crippen LogP contribution in [0.5, 0.6) is 0 Å². The first kappa shape index (κ1) is 13.5. The maximum atomic E-state index is 12.3. The predicted molar refractivity (Wildman–Crippen MR) is 75.4 cm³/mol. The molecular weight excluding hydrogens is 308 g/mol. The van der Waals surface area contributed by atoms with Gasteiger partial charge in [0.2, 0.25) is 0 Å². The van der Waals surface area contributed by atoms with Crippen LogP contribution in [0.25, 0.3) is 0 Å². The molecule has 2 rings (SSSR count). The third-order valence-corrected chi connectivity index (χ3v) is 3.36. The standard InChI is InChI=1S/C15H11BrO3/c16-13-7-6-10(9-14(17)18)8-12(13)15(19)11-4-2-1-3-5-11/h1-8H,9H2,(H,17,18). The lowest BCUT2D eigenvalue weighted by atomic mass is 10.0. The first-order chi connectivity index (χ1) is 9.08. The number of carboxylic acid groups (broad SMARTS) is 1. The fourth-order valence-electron chi connectivity index (χ4n) is 1.78.